The summed E-state index contributed by atoms with van der Waals surface area (Å²) in [6.45, 7) is 1.15. The summed E-state index contributed by atoms with van der Waals surface area (Å²) in [6.07, 6.45) is -10.3. The van der Waals surface area contributed by atoms with Gasteiger partial charge in [-0.05, 0) is 37.3 Å². The maximum atomic E-state index is 13.1. The van der Waals surface area contributed by atoms with Crippen LogP contribution in [0.3, 0.4) is 0 Å². The smallest absolute Gasteiger partial charge is 0.336 e. The average Bonchev–Trinajstić information content (AvgIpc) is 2.71. The molecule has 0 aliphatic carbocycles. The van der Waals surface area contributed by atoms with Gasteiger partial charge in [-0.25, -0.2) is 8.42 Å². The second-order valence-corrected chi connectivity index (χ2v) is 9.25. The molecule has 32 heavy (non-hydrogen) atoms. The lowest BCUT2D eigenvalue weighted by Gasteiger charge is -2.34. The SMILES string of the molecule is Cc1cccc(C(=O)N2CCN(S(=O)(=O)c3cc(C(F)(F)F)cc(C(F)(F)F)c3)CC2)c1. The largest absolute Gasteiger partial charge is 0.416 e. The fraction of sp³-hybridized carbons (Fsp3) is 0.350. The molecule has 1 fully saturated rings. The minimum atomic E-state index is -5.16. The summed E-state index contributed by atoms with van der Waals surface area (Å²) in [6, 6.07) is 6.99. The highest BCUT2D eigenvalue weighted by molar-refractivity contribution is 7.89. The highest BCUT2D eigenvalue weighted by atomic mass is 32.2. The van der Waals surface area contributed by atoms with Crippen molar-refractivity contribution in [3.8, 4) is 0 Å². The van der Waals surface area contributed by atoms with E-state index in [1.807, 2.05) is 0 Å². The van der Waals surface area contributed by atoms with Gasteiger partial charge in [0.1, 0.15) is 0 Å². The minimum absolute atomic E-state index is 0.0584. The molecule has 0 saturated carbocycles. The molecule has 174 valence electrons. The van der Waals surface area contributed by atoms with Gasteiger partial charge in [0, 0.05) is 31.7 Å². The average molecular weight is 480 g/mol. The Kier molecular flexibility index (Phi) is 6.31. The first-order valence-electron chi connectivity index (χ1n) is 9.35. The molecule has 0 spiro atoms. The normalized spacial score (nSPS) is 16.3. The van der Waals surface area contributed by atoms with Crippen LogP contribution in [-0.4, -0.2) is 49.7 Å². The number of rotatable bonds is 3. The van der Waals surface area contributed by atoms with E-state index >= 15 is 0 Å². The Morgan fingerprint density at radius 2 is 1.38 bits per heavy atom. The molecule has 0 radical (unpaired) electrons. The molecule has 2 aromatic carbocycles. The predicted octanol–water partition coefficient (Wildman–Crippen LogP) is 4.18. The van der Waals surface area contributed by atoms with E-state index in [1.54, 1.807) is 31.2 Å². The van der Waals surface area contributed by atoms with Crippen LogP contribution in [0.25, 0.3) is 0 Å². The number of piperazine rings is 1. The van der Waals surface area contributed by atoms with Crippen LogP contribution in [0.1, 0.15) is 27.0 Å². The molecule has 1 aliphatic rings. The van der Waals surface area contributed by atoms with Gasteiger partial charge < -0.3 is 4.90 Å². The number of benzene rings is 2. The second-order valence-electron chi connectivity index (χ2n) is 7.31. The Morgan fingerprint density at radius 1 is 0.844 bits per heavy atom. The molecular weight excluding hydrogens is 462 g/mol. The van der Waals surface area contributed by atoms with E-state index in [4.69, 9.17) is 0 Å². The number of sulfonamides is 1. The van der Waals surface area contributed by atoms with Gasteiger partial charge in [0.2, 0.25) is 10.0 Å². The maximum absolute atomic E-state index is 13.1. The summed E-state index contributed by atoms with van der Waals surface area (Å²) >= 11 is 0. The van der Waals surface area contributed by atoms with Gasteiger partial charge in [-0.2, -0.15) is 30.6 Å². The number of hydrogen-bond donors (Lipinski definition) is 0. The van der Waals surface area contributed by atoms with E-state index in [0.717, 1.165) is 9.87 Å². The van der Waals surface area contributed by atoms with E-state index < -0.39 is 38.4 Å². The third kappa shape index (κ3) is 5.07. The first kappa shape index (κ1) is 24.1. The zero-order valence-electron chi connectivity index (χ0n) is 16.7. The predicted molar refractivity (Wildman–Crippen MR) is 102 cm³/mol. The number of hydrogen-bond acceptors (Lipinski definition) is 3. The first-order chi connectivity index (χ1) is 14.7. The number of halogens is 6. The third-order valence-electron chi connectivity index (χ3n) is 4.99. The molecule has 0 aromatic heterocycles. The quantitative estimate of drug-likeness (QED) is 0.620. The van der Waals surface area contributed by atoms with Crippen LogP contribution in [-0.2, 0) is 22.4 Å². The van der Waals surface area contributed by atoms with Crippen LogP contribution in [0.2, 0.25) is 0 Å². The summed E-state index contributed by atoms with van der Waals surface area (Å²) in [5.41, 5.74) is -2.17. The van der Waals surface area contributed by atoms with Gasteiger partial charge in [-0.1, -0.05) is 17.7 Å². The third-order valence-corrected chi connectivity index (χ3v) is 6.87. The van der Waals surface area contributed by atoms with Gasteiger partial charge >= 0.3 is 12.4 Å². The number of aryl methyl sites for hydroxylation is 1. The lowest BCUT2D eigenvalue weighted by Crippen LogP contribution is -2.50. The van der Waals surface area contributed by atoms with Gasteiger partial charge in [-0.3, -0.25) is 4.79 Å². The summed E-state index contributed by atoms with van der Waals surface area (Å²) in [5.74, 6) is -0.343. The standard InChI is InChI=1S/C20H18F6N2O3S/c1-13-3-2-4-14(9-13)18(29)27-5-7-28(8-6-27)32(30,31)17-11-15(19(21,22)23)10-16(12-17)20(24,25)26/h2-4,9-12H,5-8H2,1H3. The van der Waals surface area contributed by atoms with Crippen LogP contribution in [0, 0.1) is 6.92 Å². The molecule has 1 saturated heterocycles. The first-order valence-corrected chi connectivity index (χ1v) is 10.8. The van der Waals surface area contributed by atoms with Crippen LogP contribution in [0.5, 0.6) is 0 Å². The monoisotopic (exact) mass is 480 g/mol. The van der Waals surface area contributed by atoms with Gasteiger partial charge in [0.25, 0.3) is 5.91 Å². The lowest BCUT2D eigenvalue weighted by atomic mass is 10.1. The Balaban J connectivity index is 1.84. The van der Waals surface area contributed by atoms with Gasteiger partial charge in [0.15, 0.2) is 0 Å². The molecule has 3 rings (SSSR count). The van der Waals surface area contributed by atoms with Gasteiger partial charge in [0.05, 0.1) is 16.0 Å². The van der Waals surface area contributed by atoms with E-state index in [9.17, 15) is 39.6 Å². The highest BCUT2D eigenvalue weighted by Crippen LogP contribution is 2.37. The van der Waals surface area contributed by atoms with Crippen LogP contribution in [0.15, 0.2) is 47.4 Å². The molecule has 0 atom stereocenters. The Morgan fingerprint density at radius 3 is 1.84 bits per heavy atom. The van der Waals surface area contributed by atoms with Crippen molar-refractivity contribution in [3.63, 3.8) is 0 Å². The summed E-state index contributed by atoms with van der Waals surface area (Å²) < 4.78 is 105. The summed E-state index contributed by atoms with van der Waals surface area (Å²) in [5, 5.41) is 0. The molecule has 1 amide bonds. The van der Waals surface area contributed by atoms with Crippen molar-refractivity contribution in [2.24, 2.45) is 0 Å². The fourth-order valence-electron chi connectivity index (χ4n) is 3.32. The Hall–Kier alpha value is -2.60. The van der Waals surface area contributed by atoms with Crippen molar-refractivity contribution < 1.29 is 39.6 Å². The van der Waals surface area contributed by atoms with Crippen molar-refractivity contribution in [1.82, 2.24) is 9.21 Å². The van der Waals surface area contributed by atoms with Crippen molar-refractivity contribution in [2.45, 2.75) is 24.2 Å². The second kappa shape index (κ2) is 8.39. The van der Waals surface area contributed by atoms with Crippen LogP contribution < -0.4 is 0 Å². The van der Waals surface area contributed by atoms with Crippen molar-refractivity contribution >= 4 is 15.9 Å². The molecule has 1 aliphatic heterocycles. The molecule has 1 heterocycles. The van der Waals surface area contributed by atoms with Gasteiger partial charge in [-0.15, -0.1) is 0 Å². The molecule has 0 N–H and O–H groups in total. The number of carbonyl (C=O) groups excluding carboxylic acids is 1. The van der Waals surface area contributed by atoms with Crippen LogP contribution >= 0.6 is 0 Å². The summed E-state index contributed by atoms with van der Waals surface area (Å²) in [4.78, 5) is 12.9. The highest BCUT2D eigenvalue weighted by Gasteiger charge is 2.39. The Labute approximate surface area is 180 Å². The number of carbonyl (C=O) groups is 1. The zero-order valence-corrected chi connectivity index (χ0v) is 17.5. The molecule has 0 unspecified atom stereocenters. The lowest BCUT2D eigenvalue weighted by molar-refractivity contribution is -0.143. The number of nitrogens with zero attached hydrogens (tertiary/aromatic N) is 2. The molecule has 2 aromatic rings. The molecular formula is C20H18F6N2O3S. The van der Waals surface area contributed by atoms with E-state index in [2.05, 4.69) is 0 Å². The van der Waals surface area contributed by atoms with Crippen molar-refractivity contribution in [1.29, 1.82) is 0 Å². The minimum Gasteiger partial charge on any atom is -0.336 e. The number of amides is 1. The maximum Gasteiger partial charge on any atom is 0.416 e. The van der Waals surface area contributed by atoms with Crippen molar-refractivity contribution in [3.05, 3.63) is 64.7 Å². The molecule has 12 heteroatoms. The molecule has 5 nitrogen and oxygen atoms in total. The summed E-state index contributed by atoms with van der Waals surface area (Å²) in [7, 11) is -4.65. The van der Waals surface area contributed by atoms with E-state index in [1.165, 1.54) is 4.90 Å². The zero-order chi connectivity index (χ0) is 23.9. The Bertz CT molecular complexity index is 1090. The molecule has 0 bridgehead atoms. The fourth-order valence-corrected chi connectivity index (χ4v) is 4.81. The van der Waals surface area contributed by atoms with E-state index in [0.29, 0.717) is 5.56 Å². The van der Waals surface area contributed by atoms with Crippen molar-refractivity contribution in [2.75, 3.05) is 26.2 Å². The number of alkyl halides is 6. The topological polar surface area (TPSA) is 57.7 Å². The van der Waals surface area contributed by atoms with E-state index in [-0.39, 0.29) is 50.3 Å². The van der Waals surface area contributed by atoms with Crippen LogP contribution in [0.4, 0.5) is 26.3 Å².